The number of ether oxygens (including phenoxy) is 1. The standard InChI is InChI=1S/C22H28N2O2/c1-4-5-6-9-14-26-19-13-12-16(17-10-7-8-11-18(17)19)15-20-22(2,3)21(25)24-23-20/h7-8,10-13,15,23H,4-6,9,14H2,1-3H3,(H,24,25)/b20-15-. The summed E-state index contributed by atoms with van der Waals surface area (Å²) in [4.78, 5) is 12.0. The number of unbranched alkanes of at least 4 members (excludes halogenated alkanes) is 3. The van der Waals surface area contributed by atoms with Gasteiger partial charge in [0.2, 0.25) is 5.91 Å². The highest BCUT2D eigenvalue weighted by molar-refractivity contribution is 5.96. The highest BCUT2D eigenvalue weighted by atomic mass is 16.5. The summed E-state index contributed by atoms with van der Waals surface area (Å²) >= 11 is 0. The van der Waals surface area contributed by atoms with Crippen molar-refractivity contribution in [1.82, 2.24) is 10.9 Å². The number of nitrogens with one attached hydrogen (secondary N) is 2. The number of rotatable bonds is 7. The van der Waals surface area contributed by atoms with Crippen LogP contribution in [0.2, 0.25) is 0 Å². The molecule has 3 rings (SSSR count). The van der Waals surface area contributed by atoms with Gasteiger partial charge in [-0.15, -0.1) is 0 Å². The summed E-state index contributed by atoms with van der Waals surface area (Å²) < 4.78 is 6.05. The molecule has 0 spiro atoms. The Bertz CT molecular complexity index is 824. The van der Waals surface area contributed by atoms with E-state index >= 15 is 0 Å². The predicted octanol–water partition coefficient (Wildman–Crippen LogP) is 4.80. The van der Waals surface area contributed by atoms with Crippen molar-refractivity contribution in [2.45, 2.75) is 46.5 Å². The number of hydrogen-bond donors (Lipinski definition) is 2. The molecule has 0 aliphatic carbocycles. The van der Waals surface area contributed by atoms with Crippen molar-refractivity contribution >= 4 is 22.8 Å². The molecule has 2 aromatic rings. The Morgan fingerprint density at radius 2 is 1.77 bits per heavy atom. The fourth-order valence-electron chi connectivity index (χ4n) is 3.19. The molecule has 0 unspecified atom stereocenters. The van der Waals surface area contributed by atoms with E-state index in [9.17, 15) is 4.79 Å². The molecule has 1 aliphatic heterocycles. The van der Waals surface area contributed by atoms with Crippen LogP contribution >= 0.6 is 0 Å². The molecule has 0 bridgehead atoms. The van der Waals surface area contributed by atoms with E-state index in [4.69, 9.17) is 4.74 Å². The summed E-state index contributed by atoms with van der Waals surface area (Å²) in [6.45, 7) is 6.80. The van der Waals surface area contributed by atoms with E-state index in [0.717, 1.165) is 40.8 Å². The third-order valence-corrected chi connectivity index (χ3v) is 5.02. The summed E-state index contributed by atoms with van der Waals surface area (Å²) in [5.74, 6) is 0.909. The maximum atomic E-state index is 12.0. The second-order valence-electron chi connectivity index (χ2n) is 7.37. The third kappa shape index (κ3) is 3.69. The Balaban J connectivity index is 1.87. The first kappa shape index (κ1) is 18.3. The van der Waals surface area contributed by atoms with Crippen LogP contribution in [0.25, 0.3) is 16.8 Å². The lowest BCUT2D eigenvalue weighted by molar-refractivity contribution is -0.125. The van der Waals surface area contributed by atoms with E-state index in [-0.39, 0.29) is 5.91 Å². The number of fused-ring (bicyclic) bond motifs is 1. The van der Waals surface area contributed by atoms with E-state index in [1.54, 1.807) is 0 Å². The number of carbonyl (C=O) groups is 1. The molecule has 1 amide bonds. The van der Waals surface area contributed by atoms with Crippen LogP contribution in [0.3, 0.4) is 0 Å². The topological polar surface area (TPSA) is 50.4 Å². The van der Waals surface area contributed by atoms with E-state index in [0.29, 0.717) is 0 Å². The van der Waals surface area contributed by atoms with Crippen LogP contribution in [0.5, 0.6) is 5.75 Å². The Labute approximate surface area is 155 Å². The Kier molecular flexibility index (Phi) is 5.50. The lowest BCUT2D eigenvalue weighted by Crippen LogP contribution is -2.28. The summed E-state index contributed by atoms with van der Waals surface area (Å²) in [6.07, 6.45) is 6.83. The van der Waals surface area contributed by atoms with E-state index in [2.05, 4.69) is 36.0 Å². The summed E-state index contributed by atoms with van der Waals surface area (Å²) in [6, 6.07) is 12.4. The number of hydrazine groups is 1. The maximum Gasteiger partial charge on any atom is 0.249 e. The molecule has 26 heavy (non-hydrogen) atoms. The van der Waals surface area contributed by atoms with Crippen LogP contribution in [0.1, 0.15) is 52.0 Å². The fourth-order valence-corrected chi connectivity index (χ4v) is 3.19. The van der Waals surface area contributed by atoms with Crippen molar-refractivity contribution in [2.24, 2.45) is 5.41 Å². The van der Waals surface area contributed by atoms with Crippen LogP contribution in [-0.2, 0) is 4.79 Å². The minimum Gasteiger partial charge on any atom is -0.493 e. The SMILES string of the molecule is CCCCCCOc1ccc(/C=C2\NNC(=O)C2(C)C)c2ccccc12. The second-order valence-corrected chi connectivity index (χ2v) is 7.37. The van der Waals surface area contributed by atoms with Gasteiger partial charge in [-0.2, -0.15) is 0 Å². The molecule has 4 heteroatoms. The normalized spacial score (nSPS) is 17.3. The average Bonchev–Trinajstić information content (AvgIpc) is 2.89. The van der Waals surface area contributed by atoms with Crippen molar-refractivity contribution in [3.8, 4) is 5.75 Å². The third-order valence-electron chi connectivity index (χ3n) is 5.02. The zero-order chi connectivity index (χ0) is 18.6. The highest BCUT2D eigenvalue weighted by Gasteiger charge is 2.37. The zero-order valence-electron chi connectivity index (χ0n) is 15.9. The van der Waals surface area contributed by atoms with Gasteiger partial charge in [-0.25, -0.2) is 0 Å². The van der Waals surface area contributed by atoms with Crippen molar-refractivity contribution in [3.05, 3.63) is 47.7 Å². The molecule has 1 saturated heterocycles. The number of benzene rings is 2. The van der Waals surface area contributed by atoms with Crippen LogP contribution in [-0.4, -0.2) is 12.5 Å². The Hall–Kier alpha value is -2.49. The number of carbonyl (C=O) groups excluding carboxylic acids is 1. The van der Waals surface area contributed by atoms with Crippen molar-refractivity contribution in [2.75, 3.05) is 6.61 Å². The van der Waals surface area contributed by atoms with Gasteiger partial charge in [-0.3, -0.25) is 10.2 Å². The minimum atomic E-state index is -0.560. The molecule has 4 nitrogen and oxygen atoms in total. The molecule has 1 heterocycles. The van der Waals surface area contributed by atoms with E-state index < -0.39 is 5.41 Å². The van der Waals surface area contributed by atoms with Gasteiger partial charge in [-0.1, -0.05) is 56.5 Å². The van der Waals surface area contributed by atoms with Gasteiger partial charge in [0.15, 0.2) is 0 Å². The largest absolute Gasteiger partial charge is 0.493 e. The molecule has 0 saturated carbocycles. The Morgan fingerprint density at radius 1 is 1.00 bits per heavy atom. The second kappa shape index (κ2) is 7.81. The van der Waals surface area contributed by atoms with Crippen LogP contribution in [0.4, 0.5) is 0 Å². The first-order valence-electron chi connectivity index (χ1n) is 9.47. The summed E-state index contributed by atoms with van der Waals surface area (Å²) in [5.41, 5.74) is 7.10. The average molecular weight is 352 g/mol. The van der Waals surface area contributed by atoms with Crippen LogP contribution in [0, 0.1) is 5.41 Å². The smallest absolute Gasteiger partial charge is 0.249 e. The molecule has 0 aromatic heterocycles. The summed E-state index contributed by atoms with van der Waals surface area (Å²) in [7, 11) is 0. The van der Waals surface area contributed by atoms with Gasteiger partial charge >= 0.3 is 0 Å². The quantitative estimate of drug-likeness (QED) is 0.704. The molecule has 0 atom stereocenters. The molecular weight excluding hydrogens is 324 g/mol. The lowest BCUT2D eigenvalue weighted by Gasteiger charge is -2.16. The number of amides is 1. The molecule has 2 aromatic carbocycles. The molecule has 1 fully saturated rings. The minimum absolute atomic E-state index is 0.0138. The van der Waals surface area contributed by atoms with Gasteiger partial charge in [-0.05, 0) is 43.4 Å². The van der Waals surface area contributed by atoms with E-state index in [1.807, 2.05) is 38.1 Å². The first-order chi connectivity index (χ1) is 12.5. The van der Waals surface area contributed by atoms with E-state index in [1.165, 1.54) is 19.3 Å². The molecule has 1 aliphatic rings. The fraction of sp³-hybridized carbons (Fsp3) is 0.409. The van der Waals surface area contributed by atoms with Crippen molar-refractivity contribution in [3.63, 3.8) is 0 Å². The zero-order valence-corrected chi connectivity index (χ0v) is 15.9. The molecular formula is C22H28N2O2. The van der Waals surface area contributed by atoms with Crippen molar-refractivity contribution < 1.29 is 9.53 Å². The Morgan fingerprint density at radius 3 is 2.46 bits per heavy atom. The lowest BCUT2D eigenvalue weighted by atomic mass is 9.88. The van der Waals surface area contributed by atoms with Crippen LogP contribution in [0.15, 0.2) is 42.1 Å². The summed E-state index contributed by atoms with van der Waals surface area (Å²) in [5, 5.41) is 2.23. The van der Waals surface area contributed by atoms with Gasteiger partial charge < -0.3 is 10.2 Å². The van der Waals surface area contributed by atoms with Crippen LogP contribution < -0.4 is 15.6 Å². The first-order valence-corrected chi connectivity index (χ1v) is 9.47. The maximum absolute atomic E-state index is 12.0. The molecule has 138 valence electrons. The van der Waals surface area contributed by atoms with Gasteiger partial charge in [0.1, 0.15) is 5.75 Å². The highest BCUT2D eigenvalue weighted by Crippen LogP contribution is 2.34. The molecule has 2 N–H and O–H groups in total. The van der Waals surface area contributed by atoms with Gasteiger partial charge in [0, 0.05) is 11.1 Å². The predicted molar refractivity (Wildman–Crippen MR) is 107 cm³/mol. The van der Waals surface area contributed by atoms with Gasteiger partial charge in [0.25, 0.3) is 0 Å². The number of hydrogen-bond acceptors (Lipinski definition) is 3. The molecule has 0 radical (unpaired) electrons. The van der Waals surface area contributed by atoms with Gasteiger partial charge in [0.05, 0.1) is 12.0 Å². The van der Waals surface area contributed by atoms with Crippen molar-refractivity contribution in [1.29, 1.82) is 0 Å². The monoisotopic (exact) mass is 352 g/mol.